The summed E-state index contributed by atoms with van der Waals surface area (Å²) in [5.74, 6) is -0.146. The first-order chi connectivity index (χ1) is 10.8. The molecule has 0 aliphatic heterocycles. The van der Waals surface area contributed by atoms with E-state index >= 15 is 0 Å². The number of rotatable bonds is 2. The molecule has 1 nitrogen and oxygen atoms in total. The third kappa shape index (κ3) is 1.97. The lowest BCUT2D eigenvalue weighted by Gasteiger charge is -2.20. The Balaban J connectivity index is 1.99. The van der Waals surface area contributed by atoms with Gasteiger partial charge in [0.05, 0.1) is 15.1 Å². The van der Waals surface area contributed by atoms with E-state index < -0.39 is 0 Å². The highest BCUT2D eigenvalue weighted by atomic mass is 32.1. The summed E-state index contributed by atoms with van der Waals surface area (Å²) in [6, 6.07) is 21.7. The Kier molecular flexibility index (Phi) is 3.09. The van der Waals surface area contributed by atoms with Crippen LogP contribution in [-0.2, 0) is 0 Å². The fraction of sp³-hybridized carbons (Fsp3) is 0.0526. The second-order valence-corrected chi connectivity index (χ2v) is 6.29. The van der Waals surface area contributed by atoms with Gasteiger partial charge in [-0.3, -0.25) is 0 Å². The fourth-order valence-corrected chi connectivity index (χ4v) is 4.08. The average molecular weight is 307 g/mol. The van der Waals surface area contributed by atoms with Crippen molar-refractivity contribution >= 4 is 42.9 Å². The van der Waals surface area contributed by atoms with Gasteiger partial charge in [-0.1, -0.05) is 42.5 Å². The van der Waals surface area contributed by atoms with Gasteiger partial charge in [0.25, 0.3) is 0 Å². The van der Waals surface area contributed by atoms with E-state index in [9.17, 15) is 4.39 Å². The lowest BCUT2D eigenvalue weighted by atomic mass is 10.1. The summed E-state index contributed by atoms with van der Waals surface area (Å²) >= 11 is 1.52. The van der Waals surface area contributed by atoms with Gasteiger partial charge in [0, 0.05) is 23.5 Å². The maximum absolute atomic E-state index is 14.1. The molecule has 0 radical (unpaired) electrons. The molecule has 108 valence electrons. The molecule has 3 aromatic carbocycles. The number of para-hydroxylation sites is 1. The number of hydrogen-bond acceptors (Lipinski definition) is 2. The normalized spacial score (nSPS) is 11.2. The standard InChI is InChI=1S/C19H14FNS/c1-21(13-7-3-2-4-8-13)17-12-6-10-15-14-9-5-11-16(20)18(14)22-19(15)17/h2-12H,1H3. The number of hydrogen-bond donors (Lipinski definition) is 0. The molecule has 0 bridgehead atoms. The number of nitrogens with zero attached hydrogens (tertiary/aromatic N) is 1. The second-order valence-electron chi connectivity index (χ2n) is 5.27. The van der Waals surface area contributed by atoms with Crippen molar-refractivity contribution in [3.05, 3.63) is 72.5 Å². The predicted molar refractivity (Wildman–Crippen MR) is 93.8 cm³/mol. The molecule has 4 rings (SSSR count). The molecule has 0 aliphatic rings. The maximum atomic E-state index is 14.1. The highest BCUT2D eigenvalue weighted by molar-refractivity contribution is 7.26. The van der Waals surface area contributed by atoms with Crippen molar-refractivity contribution in [1.29, 1.82) is 0 Å². The first kappa shape index (κ1) is 13.3. The molecule has 1 aromatic heterocycles. The van der Waals surface area contributed by atoms with E-state index in [0.717, 1.165) is 31.5 Å². The molecule has 0 aliphatic carbocycles. The SMILES string of the molecule is CN(c1ccccc1)c1cccc2c1sc1c(F)cccc12. The van der Waals surface area contributed by atoms with Crippen LogP contribution in [0.2, 0.25) is 0 Å². The van der Waals surface area contributed by atoms with Crippen LogP contribution in [-0.4, -0.2) is 7.05 Å². The molecule has 22 heavy (non-hydrogen) atoms. The van der Waals surface area contributed by atoms with E-state index in [1.165, 1.54) is 17.4 Å². The van der Waals surface area contributed by atoms with Gasteiger partial charge in [-0.15, -0.1) is 11.3 Å². The van der Waals surface area contributed by atoms with E-state index in [-0.39, 0.29) is 5.82 Å². The average Bonchev–Trinajstić information content (AvgIpc) is 2.95. The van der Waals surface area contributed by atoms with Crippen LogP contribution < -0.4 is 4.90 Å². The molecule has 1 heterocycles. The maximum Gasteiger partial charge on any atom is 0.141 e. The molecule has 0 fully saturated rings. The lowest BCUT2D eigenvalue weighted by molar-refractivity contribution is 0.642. The van der Waals surface area contributed by atoms with E-state index in [4.69, 9.17) is 0 Å². The number of anilines is 2. The summed E-state index contributed by atoms with van der Waals surface area (Å²) in [6.07, 6.45) is 0. The molecule has 0 atom stereocenters. The number of thiophene rings is 1. The highest BCUT2D eigenvalue weighted by Gasteiger charge is 2.14. The first-order valence-electron chi connectivity index (χ1n) is 7.14. The van der Waals surface area contributed by atoms with Gasteiger partial charge >= 0.3 is 0 Å². The van der Waals surface area contributed by atoms with Crippen LogP contribution in [0.4, 0.5) is 15.8 Å². The minimum absolute atomic E-state index is 0.146. The second kappa shape index (κ2) is 5.11. The Morgan fingerprint density at radius 2 is 1.45 bits per heavy atom. The molecule has 0 N–H and O–H groups in total. The van der Waals surface area contributed by atoms with Crippen LogP contribution in [0.25, 0.3) is 20.2 Å². The van der Waals surface area contributed by atoms with Crippen molar-refractivity contribution in [2.45, 2.75) is 0 Å². The summed E-state index contributed by atoms with van der Waals surface area (Å²) in [5.41, 5.74) is 2.22. The Bertz CT molecular complexity index is 959. The topological polar surface area (TPSA) is 3.24 Å². The van der Waals surface area contributed by atoms with E-state index in [0.29, 0.717) is 0 Å². The largest absolute Gasteiger partial charge is 0.343 e. The number of halogens is 1. The molecule has 0 amide bonds. The molecule has 0 spiro atoms. The Hall–Kier alpha value is -2.39. The fourth-order valence-electron chi connectivity index (χ4n) is 2.83. The van der Waals surface area contributed by atoms with E-state index in [1.54, 1.807) is 6.07 Å². The summed E-state index contributed by atoms with van der Waals surface area (Å²) in [4.78, 5) is 2.15. The molecule has 0 saturated heterocycles. The van der Waals surface area contributed by atoms with E-state index in [2.05, 4.69) is 29.2 Å². The van der Waals surface area contributed by atoms with Gasteiger partial charge < -0.3 is 4.90 Å². The summed E-state index contributed by atoms with van der Waals surface area (Å²) < 4.78 is 15.9. The molecule has 4 aromatic rings. The van der Waals surface area contributed by atoms with Gasteiger partial charge in [-0.25, -0.2) is 4.39 Å². The van der Waals surface area contributed by atoms with Gasteiger partial charge in [0.1, 0.15) is 5.82 Å². The quantitative estimate of drug-likeness (QED) is 0.441. The predicted octanol–water partition coefficient (Wildman–Crippen LogP) is 5.96. The van der Waals surface area contributed by atoms with Crippen LogP contribution in [0.1, 0.15) is 0 Å². The van der Waals surface area contributed by atoms with Gasteiger partial charge in [0.15, 0.2) is 0 Å². The van der Waals surface area contributed by atoms with Crippen LogP contribution in [0, 0.1) is 5.82 Å². The van der Waals surface area contributed by atoms with Crippen LogP contribution in [0.3, 0.4) is 0 Å². The van der Waals surface area contributed by atoms with Crippen molar-refractivity contribution < 1.29 is 4.39 Å². The molecule has 3 heteroatoms. The van der Waals surface area contributed by atoms with Crippen LogP contribution in [0.5, 0.6) is 0 Å². The summed E-state index contributed by atoms with van der Waals surface area (Å²) in [7, 11) is 2.05. The molecular formula is C19H14FNS. The monoisotopic (exact) mass is 307 g/mol. The van der Waals surface area contributed by atoms with Crippen molar-refractivity contribution in [2.24, 2.45) is 0 Å². The van der Waals surface area contributed by atoms with Gasteiger partial charge in [0.2, 0.25) is 0 Å². The number of benzene rings is 3. The van der Waals surface area contributed by atoms with Crippen LogP contribution in [0.15, 0.2) is 66.7 Å². The Morgan fingerprint density at radius 1 is 0.773 bits per heavy atom. The van der Waals surface area contributed by atoms with Crippen LogP contribution >= 0.6 is 11.3 Å². The lowest BCUT2D eigenvalue weighted by Crippen LogP contribution is -2.08. The van der Waals surface area contributed by atoms with Gasteiger partial charge in [-0.05, 0) is 24.3 Å². The number of fused-ring (bicyclic) bond motifs is 3. The minimum Gasteiger partial charge on any atom is -0.343 e. The van der Waals surface area contributed by atoms with Gasteiger partial charge in [-0.2, -0.15) is 0 Å². The highest BCUT2D eigenvalue weighted by Crippen LogP contribution is 2.41. The first-order valence-corrected chi connectivity index (χ1v) is 7.96. The third-order valence-corrected chi connectivity index (χ3v) is 5.21. The molecular weight excluding hydrogens is 293 g/mol. The Morgan fingerprint density at radius 3 is 2.23 bits per heavy atom. The Labute approximate surface area is 132 Å². The zero-order valence-electron chi connectivity index (χ0n) is 12.1. The smallest absolute Gasteiger partial charge is 0.141 e. The van der Waals surface area contributed by atoms with Crippen molar-refractivity contribution in [1.82, 2.24) is 0 Å². The van der Waals surface area contributed by atoms with E-state index in [1.807, 2.05) is 37.4 Å². The summed E-state index contributed by atoms with van der Waals surface area (Å²) in [6.45, 7) is 0. The van der Waals surface area contributed by atoms with Crippen molar-refractivity contribution in [3.63, 3.8) is 0 Å². The third-order valence-electron chi connectivity index (χ3n) is 3.96. The summed E-state index contributed by atoms with van der Waals surface area (Å²) in [5, 5.41) is 2.10. The minimum atomic E-state index is -0.146. The molecule has 0 saturated carbocycles. The zero-order chi connectivity index (χ0) is 15.1. The molecule has 0 unspecified atom stereocenters. The van der Waals surface area contributed by atoms with Crippen molar-refractivity contribution in [3.8, 4) is 0 Å². The zero-order valence-corrected chi connectivity index (χ0v) is 12.9. The van der Waals surface area contributed by atoms with Crippen molar-refractivity contribution in [2.75, 3.05) is 11.9 Å².